The van der Waals surface area contributed by atoms with Crippen molar-refractivity contribution in [2.75, 3.05) is 32.3 Å². The SMILES string of the molecule is C=CCc1ccc(OCCn2c(C3CC(=O)N(c4ccc(OC)cc4)C3)nc3ccccc32)c(OC)c1. The first-order valence-electron chi connectivity index (χ1n) is 12.4. The number of carbonyl (C=O) groups is 1. The fourth-order valence-electron chi connectivity index (χ4n) is 4.90. The van der Waals surface area contributed by atoms with Gasteiger partial charge in [-0.05, 0) is 60.5 Å². The molecule has 37 heavy (non-hydrogen) atoms. The van der Waals surface area contributed by atoms with Crippen molar-refractivity contribution in [2.24, 2.45) is 0 Å². The van der Waals surface area contributed by atoms with Crippen LogP contribution >= 0.6 is 0 Å². The Balaban J connectivity index is 1.36. The summed E-state index contributed by atoms with van der Waals surface area (Å²) < 4.78 is 19.1. The lowest BCUT2D eigenvalue weighted by Gasteiger charge is -2.18. The topological polar surface area (TPSA) is 65.8 Å². The monoisotopic (exact) mass is 497 g/mol. The predicted molar refractivity (Wildman–Crippen MR) is 145 cm³/mol. The highest BCUT2D eigenvalue weighted by Crippen LogP contribution is 2.34. The van der Waals surface area contributed by atoms with Crippen LogP contribution in [0.4, 0.5) is 5.69 Å². The Kier molecular flexibility index (Phi) is 7.12. The molecule has 0 bridgehead atoms. The molecule has 1 aromatic heterocycles. The van der Waals surface area contributed by atoms with Crippen molar-refractivity contribution < 1.29 is 19.0 Å². The Morgan fingerprint density at radius 3 is 2.59 bits per heavy atom. The molecule has 3 aromatic carbocycles. The Bertz CT molecular complexity index is 1410. The number of allylic oxidation sites excluding steroid dienone is 1. The Hall–Kier alpha value is -4.26. The van der Waals surface area contributed by atoms with Crippen LogP contribution in [0.3, 0.4) is 0 Å². The first kappa shape index (κ1) is 24.4. The third-order valence-corrected chi connectivity index (χ3v) is 6.74. The number of imidazole rings is 1. The van der Waals surface area contributed by atoms with E-state index in [1.807, 2.05) is 71.6 Å². The quantitative estimate of drug-likeness (QED) is 0.275. The molecule has 0 saturated carbocycles. The first-order chi connectivity index (χ1) is 18.1. The average Bonchev–Trinajstić information content (AvgIpc) is 3.50. The van der Waals surface area contributed by atoms with Crippen molar-refractivity contribution >= 4 is 22.6 Å². The summed E-state index contributed by atoms with van der Waals surface area (Å²) in [6.07, 6.45) is 3.05. The van der Waals surface area contributed by atoms with Gasteiger partial charge < -0.3 is 23.7 Å². The van der Waals surface area contributed by atoms with Gasteiger partial charge in [0.05, 0.1) is 31.8 Å². The number of rotatable bonds is 10. The van der Waals surface area contributed by atoms with E-state index in [-0.39, 0.29) is 11.8 Å². The molecule has 1 saturated heterocycles. The van der Waals surface area contributed by atoms with Crippen molar-refractivity contribution in [3.05, 3.63) is 90.8 Å². The molecule has 7 nitrogen and oxygen atoms in total. The Labute approximate surface area is 216 Å². The molecule has 1 aliphatic heterocycles. The molecule has 1 amide bonds. The van der Waals surface area contributed by atoms with Gasteiger partial charge in [0.2, 0.25) is 5.91 Å². The van der Waals surface area contributed by atoms with Crippen LogP contribution in [0.5, 0.6) is 17.2 Å². The van der Waals surface area contributed by atoms with E-state index in [1.165, 1.54) is 0 Å². The molecule has 4 aromatic rings. The number of aromatic nitrogens is 2. The number of carbonyl (C=O) groups excluding carboxylic acids is 1. The molecule has 190 valence electrons. The summed E-state index contributed by atoms with van der Waals surface area (Å²) in [5.74, 6) is 3.14. The molecule has 1 unspecified atom stereocenters. The zero-order chi connectivity index (χ0) is 25.8. The second kappa shape index (κ2) is 10.8. The van der Waals surface area contributed by atoms with Crippen molar-refractivity contribution in [1.29, 1.82) is 0 Å². The van der Waals surface area contributed by atoms with E-state index in [0.717, 1.165) is 40.3 Å². The molecule has 0 aliphatic carbocycles. The van der Waals surface area contributed by atoms with Crippen molar-refractivity contribution in [2.45, 2.75) is 25.3 Å². The summed E-state index contributed by atoms with van der Waals surface area (Å²) in [5, 5.41) is 0. The number of ether oxygens (including phenoxy) is 3. The third-order valence-electron chi connectivity index (χ3n) is 6.74. The fraction of sp³-hybridized carbons (Fsp3) is 0.267. The molecule has 2 heterocycles. The van der Waals surface area contributed by atoms with Crippen LogP contribution in [0.15, 0.2) is 79.4 Å². The molecule has 0 spiro atoms. The summed E-state index contributed by atoms with van der Waals surface area (Å²) in [6, 6.07) is 21.6. The highest BCUT2D eigenvalue weighted by Gasteiger charge is 2.34. The maximum absolute atomic E-state index is 13.0. The number of fused-ring (bicyclic) bond motifs is 1. The van der Waals surface area contributed by atoms with E-state index in [9.17, 15) is 4.79 Å². The van der Waals surface area contributed by atoms with Crippen LogP contribution in [-0.2, 0) is 17.8 Å². The number of para-hydroxylation sites is 2. The van der Waals surface area contributed by atoms with E-state index in [2.05, 4.69) is 17.2 Å². The van der Waals surface area contributed by atoms with Crippen molar-refractivity contribution in [1.82, 2.24) is 9.55 Å². The van der Waals surface area contributed by atoms with Gasteiger partial charge in [-0.1, -0.05) is 24.3 Å². The van der Waals surface area contributed by atoms with E-state index < -0.39 is 0 Å². The molecule has 1 fully saturated rings. The van der Waals surface area contributed by atoms with Crippen LogP contribution in [0, 0.1) is 0 Å². The summed E-state index contributed by atoms with van der Waals surface area (Å²) in [5.41, 5.74) is 3.93. The van der Waals surface area contributed by atoms with Gasteiger partial charge in [-0.15, -0.1) is 6.58 Å². The number of hydrogen-bond donors (Lipinski definition) is 0. The second-order valence-corrected chi connectivity index (χ2v) is 9.04. The number of anilines is 1. The van der Waals surface area contributed by atoms with E-state index in [0.29, 0.717) is 37.6 Å². The van der Waals surface area contributed by atoms with Gasteiger partial charge in [-0.25, -0.2) is 4.98 Å². The number of benzene rings is 3. The van der Waals surface area contributed by atoms with Gasteiger partial charge in [0.1, 0.15) is 18.2 Å². The first-order valence-corrected chi connectivity index (χ1v) is 12.4. The molecule has 0 N–H and O–H groups in total. The molecule has 0 radical (unpaired) electrons. The summed E-state index contributed by atoms with van der Waals surface area (Å²) >= 11 is 0. The number of nitrogens with zero attached hydrogens (tertiary/aromatic N) is 3. The van der Waals surface area contributed by atoms with Gasteiger partial charge in [0.15, 0.2) is 11.5 Å². The van der Waals surface area contributed by atoms with E-state index in [1.54, 1.807) is 14.2 Å². The average molecular weight is 498 g/mol. The van der Waals surface area contributed by atoms with Crippen molar-refractivity contribution in [3.8, 4) is 17.2 Å². The normalized spacial score (nSPS) is 15.2. The van der Waals surface area contributed by atoms with E-state index in [4.69, 9.17) is 19.2 Å². The van der Waals surface area contributed by atoms with Gasteiger partial charge in [0, 0.05) is 24.6 Å². The van der Waals surface area contributed by atoms with Crippen LogP contribution in [-0.4, -0.2) is 42.8 Å². The van der Waals surface area contributed by atoms with E-state index >= 15 is 0 Å². The second-order valence-electron chi connectivity index (χ2n) is 9.04. The molecular weight excluding hydrogens is 466 g/mol. The maximum atomic E-state index is 13.0. The highest BCUT2D eigenvalue weighted by molar-refractivity contribution is 5.96. The third kappa shape index (κ3) is 5.03. The lowest BCUT2D eigenvalue weighted by atomic mass is 10.1. The van der Waals surface area contributed by atoms with Gasteiger partial charge in [0.25, 0.3) is 0 Å². The number of hydrogen-bond acceptors (Lipinski definition) is 5. The van der Waals surface area contributed by atoms with Crippen molar-refractivity contribution in [3.63, 3.8) is 0 Å². The molecule has 1 atom stereocenters. The fourth-order valence-corrected chi connectivity index (χ4v) is 4.90. The summed E-state index contributed by atoms with van der Waals surface area (Å²) in [7, 11) is 3.28. The maximum Gasteiger partial charge on any atom is 0.227 e. The summed E-state index contributed by atoms with van der Waals surface area (Å²) in [6.45, 7) is 5.41. The van der Waals surface area contributed by atoms with Crippen LogP contribution in [0.2, 0.25) is 0 Å². The lowest BCUT2D eigenvalue weighted by Crippen LogP contribution is -2.24. The molecule has 7 heteroatoms. The highest BCUT2D eigenvalue weighted by atomic mass is 16.5. The zero-order valence-electron chi connectivity index (χ0n) is 21.2. The summed E-state index contributed by atoms with van der Waals surface area (Å²) in [4.78, 5) is 19.8. The lowest BCUT2D eigenvalue weighted by molar-refractivity contribution is -0.117. The predicted octanol–water partition coefficient (Wildman–Crippen LogP) is 5.38. The van der Waals surface area contributed by atoms with Gasteiger partial charge >= 0.3 is 0 Å². The van der Waals surface area contributed by atoms with Crippen LogP contribution in [0.1, 0.15) is 23.7 Å². The minimum absolute atomic E-state index is 0.0188. The number of methoxy groups -OCH3 is 2. The van der Waals surface area contributed by atoms with Crippen LogP contribution in [0.25, 0.3) is 11.0 Å². The largest absolute Gasteiger partial charge is 0.497 e. The van der Waals surface area contributed by atoms with Gasteiger partial charge in [-0.2, -0.15) is 0 Å². The molecular formula is C30H31N3O4. The van der Waals surface area contributed by atoms with Gasteiger partial charge in [-0.3, -0.25) is 4.79 Å². The Morgan fingerprint density at radius 1 is 1.03 bits per heavy atom. The molecule has 1 aliphatic rings. The minimum atomic E-state index is -0.0188. The number of amides is 1. The zero-order valence-corrected chi connectivity index (χ0v) is 21.2. The van der Waals surface area contributed by atoms with Crippen LogP contribution < -0.4 is 19.1 Å². The molecule has 5 rings (SSSR count). The smallest absolute Gasteiger partial charge is 0.227 e. The standard InChI is InChI=1S/C30H31N3O4/c1-4-7-21-10-15-27(28(18-21)36-3)37-17-16-32-26-9-6-5-8-25(26)31-30(32)22-19-29(34)33(20-22)23-11-13-24(35-2)14-12-23/h4-6,8-15,18,22H,1,7,16-17,19-20H2,2-3H3. The Morgan fingerprint density at radius 2 is 1.84 bits per heavy atom. The minimum Gasteiger partial charge on any atom is -0.497 e.